The van der Waals surface area contributed by atoms with E-state index in [1.54, 1.807) is 0 Å². The molecular formula is C18H34NO+. The lowest BCUT2D eigenvalue weighted by Crippen LogP contribution is -3.14. The molecule has 0 aromatic rings. The van der Waals surface area contributed by atoms with Gasteiger partial charge in [0.05, 0.1) is 25.7 Å². The molecule has 2 saturated carbocycles. The lowest BCUT2D eigenvalue weighted by molar-refractivity contribution is -0.915. The van der Waals surface area contributed by atoms with Crippen LogP contribution in [-0.2, 0) is 0 Å². The normalized spacial score (nSPS) is 49.0. The van der Waals surface area contributed by atoms with E-state index in [0.717, 1.165) is 42.4 Å². The van der Waals surface area contributed by atoms with Crippen molar-refractivity contribution in [3.63, 3.8) is 0 Å². The molecule has 2 nitrogen and oxygen atoms in total. The van der Waals surface area contributed by atoms with Crippen molar-refractivity contribution in [1.29, 1.82) is 0 Å². The second kappa shape index (κ2) is 6.36. The third kappa shape index (κ3) is 3.22. The van der Waals surface area contributed by atoms with Crippen LogP contribution in [0.2, 0.25) is 0 Å². The van der Waals surface area contributed by atoms with Gasteiger partial charge in [-0.3, -0.25) is 0 Å². The van der Waals surface area contributed by atoms with Gasteiger partial charge >= 0.3 is 0 Å². The molecule has 1 saturated heterocycles. The molecule has 3 aliphatic rings. The van der Waals surface area contributed by atoms with Gasteiger partial charge in [0.25, 0.3) is 0 Å². The molecule has 0 spiro atoms. The zero-order valence-electron chi connectivity index (χ0n) is 13.5. The van der Waals surface area contributed by atoms with E-state index in [2.05, 4.69) is 13.8 Å². The molecule has 1 aliphatic heterocycles. The molecule has 5 unspecified atom stereocenters. The molecule has 0 aromatic heterocycles. The van der Waals surface area contributed by atoms with Crippen molar-refractivity contribution in [1.82, 2.24) is 0 Å². The summed E-state index contributed by atoms with van der Waals surface area (Å²) in [6.07, 6.45) is 9.04. The van der Waals surface area contributed by atoms with E-state index in [0.29, 0.717) is 0 Å². The minimum atomic E-state index is 0.00806. The molecule has 2 aliphatic carbocycles. The Morgan fingerprint density at radius 3 is 2.35 bits per heavy atom. The summed E-state index contributed by atoms with van der Waals surface area (Å²) in [4.78, 5) is 1.89. The van der Waals surface area contributed by atoms with Crippen molar-refractivity contribution in [3.05, 3.63) is 0 Å². The van der Waals surface area contributed by atoms with Gasteiger partial charge in [0.2, 0.25) is 0 Å². The van der Waals surface area contributed by atoms with Gasteiger partial charge in [-0.25, -0.2) is 0 Å². The average molecular weight is 280 g/mol. The van der Waals surface area contributed by atoms with Crippen molar-refractivity contribution < 1.29 is 10.0 Å². The number of quaternary nitrogens is 1. The first-order valence-electron chi connectivity index (χ1n) is 9.15. The summed E-state index contributed by atoms with van der Waals surface area (Å²) in [5.74, 6) is 4.88. The lowest BCUT2D eigenvalue weighted by Gasteiger charge is -2.39. The molecule has 0 bridgehead atoms. The molecule has 5 atom stereocenters. The Morgan fingerprint density at radius 1 is 0.850 bits per heavy atom. The standard InChI is InChI=1S/C18H33NO/c1-13-3-8-17-14(2)11-19(12-18(13)17)10-9-15-4-6-16(20)7-5-15/h13-18,20H,3-12H2,1-2H3/p+1. The number of likely N-dealkylation sites (tertiary alicyclic amines) is 1. The van der Waals surface area contributed by atoms with Gasteiger partial charge in [-0.05, 0) is 62.7 Å². The fourth-order valence-corrected chi connectivity index (χ4v) is 5.43. The highest BCUT2D eigenvalue weighted by atomic mass is 16.3. The zero-order valence-corrected chi connectivity index (χ0v) is 13.5. The molecule has 1 heterocycles. The number of hydrogen-bond acceptors (Lipinski definition) is 1. The Bertz CT molecular complexity index is 311. The summed E-state index contributed by atoms with van der Waals surface area (Å²) < 4.78 is 0. The number of rotatable bonds is 3. The Labute approximate surface area is 124 Å². The zero-order chi connectivity index (χ0) is 14.1. The predicted molar refractivity (Wildman–Crippen MR) is 82.7 cm³/mol. The smallest absolute Gasteiger partial charge is 0.0805 e. The first-order valence-corrected chi connectivity index (χ1v) is 9.15. The molecule has 20 heavy (non-hydrogen) atoms. The van der Waals surface area contributed by atoms with Crippen LogP contribution < -0.4 is 4.90 Å². The fraction of sp³-hybridized carbons (Fsp3) is 1.00. The van der Waals surface area contributed by atoms with Crippen LogP contribution in [0.25, 0.3) is 0 Å². The predicted octanol–water partition coefficient (Wildman–Crippen LogP) is 2.12. The summed E-state index contributed by atoms with van der Waals surface area (Å²) >= 11 is 0. The maximum Gasteiger partial charge on any atom is 0.0805 e. The third-order valence-electron chi connectivity index (χ3n) is 6.82. The SMILES string of the molecule is CC1C[NH+](CCC2CCC(O)CC2)CC2C(C)CCC12. The highest BCUT2D eigenvalue weighted by molar-refractivity contribution is 4.87. The Morgan fingerprint density at radius 2 is 1.60 bits per heavy atom. The van der Waals surface area contributed by atoms with Gasteiger partial charge in [-0.2, -0.15) is 0 Å². The topological polar surface area (TPSA) is 24.7 Å². The van der Waals surface area contributed by atoms with Gasteiger partial charge in [-0.1, -0.05) is 13.8 Å². The molecule has 0 radical (unpaired) electrons. The van der Waals surface area contributed by atoms with Crippen molar-refractivity contribution in [2.45, 2.75) is 64.9 Å². The Kier molecular flexibility index (Phi) is 4.72. The quantitative estimate of drug-likeness (QED) is 0.813. The number of nitrogens with one attached hydrogen (secondary N) is 1. The number of piperidine rings is 1. The summed E-state index contributed by atoms with van der Waals surface area (Å²) in [6, 6.07) is 0. The largest absolute Gasteiger partial charge is 0.393 e. The molecular weight excluding hydrogens is 246 g/mol. The van der Waals surface area contributed by atoms with E-state index in [1.165, 1.54) is 51.7 Å². The average Bonchev–Trinajstić information content (AvgIpc) is 2.81. The van der Waals surface area contributed by atoms with Crippen molar-refractivity contribution >= 4 is 0 Å². The highest BCUT2D eigenvalue weighted by Crippen LogP contribution is 2.41. The fourth-order valence-electron chi connectivity index (χ4n) is 5.43. The molecule has 3 fully saturated rings. The van der Waals surface area contributed by atoms with Gasteiger partial charge in [0.1, 0.15) is 0 Å². The Hall–Kier alpha value is -0.0800. The number of aliphatic hydroxyl groups excluding tert-OH is 1. The maximum absolute atomic E-state index is 9.61. The van der Waals surface area contributed by atoms with Crippen molar-refractivity contribution in [2.75, 3.05) is 19.6 Å². The van der Waals surface area contributed by atoms with Crippen LogP contribution in [0.3, 0.4) is 0 Å². The molecule has 2 heteroatoms. The number of hydrogen-bond donors (Lipinski definition) is 2. The van der Waals surface area contributed by atoms with Crippen LogP contribution in [0.15, 0.2) is 0 Å². The molecule has 0 amide bonds. The van der Waals surface area contributed by atoms with Crippen LogP contribution in [-0.4, -0.2) is 30.8 Å². The monoisotopic (exact) mass is 280 g/mol. The second-order valence-corrected chi connectivity index (χ2v) is 8.23. The summed E-state index contributed by atoms with van der Waals surface area (Å²) in [7, 11) is 0. The molecule has 2 N–H and O–H groups in total. The molecule has 116 valence electrons. The van der Waals surface area contributed by atoms with Crippen LogP contribution in [0.1, 0.15) is 58.8 Å². The van der Waals surface area contributed by atoms with E-state index >= 15 is 0 Å². The first-order chi connectivity index (χ1) is 9.63. The second-order valence-electron chi connectivity index (χ2n) is 8.23. The summed E-state index contributed by atoms with van der Waals surface area (Å²) in [5, 5.41) is 9.61. The third-order valence-corrected chi connectivity index (χ3v) is 6.82. The van der Waals surface area contributed by atoms with Gasteiger partial charge in [-0.15, -0.1) is 0 Å². The van der Waals surface area contributed by atoms with E-state index in [1.807, 2.05) is 4.90 Å². The lowest BCUT2D eigenvalue weighted by atomic mass is 9.78. The van der Waals surface area contributed by atoms with Crippen LogP contribution in [0, 0.1) is 29.6 Å². The molecule has 3 rings (SSSR count). The van der Waals surface area contributed by atoms with Gasteiger partial charge < -0.3 is 10.0 Å². The van der Waals surface area contributed by atoms with Crippen LogP contribution in [0.4, 0.5) is 0 Å². The summed E-state index contributed by atoms with van der Waals surface area (Å²) in [6.45, 7) is 9.25. The minimum absolute atomic E-state index is 0.00806. The highest BCUT2D eigenvalue weighted by Gasteiger charge is 2.43. The van der Waals surface area contributed by atoms with Gasteiger partial charge in [0, 0.05) is 11.8 Å². The summed E-state index contributed by atoms with van der Waals surface area (Å²) in [5.41, 5.74) is 0. The van der Waals surface area contributed by atoms with E-state index in [9.17, 15) is 5.11 Å². The molecule has 0 aromatic carbocycles. The van der Waals surface area contributed by atoms with E-state index in [4.69, 9.17) is 0 Å². The van der Waals surface area contributed by atoms with E-state index < -0.39 is 0 Å². The number of fused-ring (bicyclic) bond motifs is 1. The maximum atomic E-state index is 9.61. The van der Waals surface area contributed by atoms with Crippen molar-refractivity contribution in [2.24, 2.45) is 29.6 Å². The number of aliphatic hydroxyl groups is 1. The van der Waals surface area contributed by atoms with Crippen LogP contribution in [0.5, 0.6) is 0 Å². The van der Waals surface area contributed by atoms with Crippen molar-refractivity contribution in [3.8, 4) is 0 Å². The van der Waals surface area contributed by atoms with Crippen LogP contribution >= 0.6 is 0 Å². The van der Waals surface area contributed by atoms with Gasteiger partial charge in [0.15, 0.2) is 0 Å². The Balaban J connectivity index is 1.46. The van der Waals surface area contributed by atoms with E-state index in [-0.39, 0.29) is 6.10 Å². The first kappa shape index (κ1) is 14.8. The minimum Gasteiger partial charge on any atom is -0.393 e.